The van der Waals surface area contributed by atoms with Crippen LogP contribution in [0.25, 0.3) is 0 Å². The van der Waals surface area contributed by atoms with E-state index in [2.05, 4.69) is 0 Å². The second-order valence-corrected chi connectivity index (χ2v) is 9.60. The van der Waals surface area contributed by atoms with Gasteiger partial charge in [-0.15, -0.1) is 8.78 Å². The molecule has 2 nitrogen and oxygen atoms in total. The standard InChI is InChI=1S/C17F36O2/c18-1(11(36,37)38,12(39,40)41)3(20,21)5(24,25)7(28,29)9(32,33)15(48,49)54-17(52,53)55-16(50,51)10(34,35)8(30,31)6(26,27)4(22,23)2(19,13(42,43)44)14(45,46)47. The molecule has 0 heterocycles. The van der Waals surface area contributed by atoms with Gasteiger partial charge in [0.1, 0.15) is 0 Å². The maximum absolute atomic E-state index is 13.6. The predicted octanol–water partition coefficient (Wildman–Crippen LogP) is 11.5. The number of halogens is 36. The van der Waals surface area contributed by atoms with E-state index in [1.807, 2.05) is 0 Å². The van der Waals surface area contributed by atoms with Gasteiger partial charge < -0.3 is 0 Å². The molecule has 0 unspecified atom stereocenters. The van der Waals surface area contributed by atoms with Crippen molar-refractivity contribution in [3.8, 4) is 0 Å². The Hall–Kier alpha value is -2.60. The molecule has 0 aliphatic heterocycles. The number of alkyl halides is 36. The smallest absolute Gasteiger partial charge is 0.224 e. The highest BCUT2D eigenvalue weighted by molar-refractivity contribution is 5.19. The highest BCUT2D eigenvalue weighted by atomic mass is 19.5. The predicted molar refractivity (Wildman–Crippen MR) is 88.5 cm³/mol. The molecule has 0 aromatic heterocycles. The Balaban J connectivity index is 7.30. The fourth-order valence-electron chi connectivity index (χ4n) is 3.07. The molecule has 0 aromatic carbocycles. The summed E-state index contributed by atoms with van der Waals surface area (Å²) in [6, 6.07) is 0. The van der Waals surface area contributed by atoms with E-state index in [4.69, 9.17) is 0 Å². The van der Waals surface area contributed by atoms with Crippen LogP contribution < -0.4 is 0 Å². The molecule has 0 amide bonds. The topological polar surface area (TPSA) is 18.5 Å². The van der Waals surface area contributed by atoms with Crippen molar-refractivity contribution in [2.24, 2.45) is 0 Å². The second-order valence-electron chi connectivity index (χ2n) is 9.60. The number of hydrogen-bond donors (Lipinski definition) is 0. The summed E-state index contributed by atoms with van der Waals surface area (Å²) in [5.74, 6) is -77.5. The van der Waals surface area contributed by atoms with Gasteiger partial charge in [-0.3, -0.25) is 0 Å². The minimum atomic E-state index is -9.76. The van der Waals surface area contributed by atoms with Gasteiger partial charge in [-0.05, 0) is 0 Å². The summed E-state index contributed by atoms with van der Waals surface area (Å²) in [4.78, 5) is 0. The zero-order valence-corrected chi connectivity index (χ0v) is 22.9. The summed E-state index contributed by atoms with van der Waals surface area (Å²) in [6.07, 6.45) is -62.2. The van der Waals surface area contributed by atoms with E-state index >= 15 is 0 Å². The molecular weight excluding hydrogens is 920 g/mol. The summed E-state index contributed by atoms with van der Waals surface area (Å²) in [7, 11) is 0. The van der Waals surface area contributed by atoms with Gasteiger partial charge in [0.25, 0.3) is 0 Å². The molecule has 38 heteroatoms. The van der Waals surface area contributed by atoms with Gasteiger partial charge in [0.2, 0.25) is 0 Å². The van der Waals surface area contributed by atoms with Crippen molar-refractivity contribution in [1.29, 1.82) is 0 Å². The molecule has 0 aliphatic carbocycles. The summed E-state index contributed by atoms with van der Waals surface area (Å²) >= 11 is 0. The second kappa shape index (κ2) is 12.7. The van der Waals surface area contributed by atoms with E-state index in [9.17, 15) is 158 Å². The van der Waals surface area contributed by atoms with Crippen LogP contribution in [0, 0.1) is 0 Å². The quantitative estimate of drug-likeness (QED) is 0.128. The molecule has 0 spiro atoms. The molecule has 55 heavy (non-hydrogen) atoms. The van der Waals surface area contributed by atoms with Crippen LogP contribution in [0.15, 0.2) is 0 Å². The average Bonchev–Trinajstić information content (AvgIpc) is 2.86. The van der Waals surface area contributed by atoms with Gasteiger partial charge in [-0.2, -0.15) is 140 Å². The lowest BCUT2D eigenvalue weighted by molar-refractivity contribution is -0.571. The van der Waals surface area contributed by atoms with Crippen molar-refractivity contribution in [3.63, 3.8) is 0 Å². The zero-order chi connectivity index (χ0) is 45.9. The van der Waals surface area contributed by atoms with Gasteiger partial charge in [-0.1, -0.05) is 0 Å². The first kappa shape index (κ1) is 52.4. The molecule has 0 bridgehead atoms. The molecule has 0 saturated carbocycles. The highest BCUT2D eigenvalue weighted by Gasteiger charge is 2.99. The van der Waals surface area contributed by atoms with Crippen LogP contribution in [0.1, 0.15) is 0 Å². The fraction of sp³-hybridized carbons (Fsp3) is 1.00. The minimum Gasteiger partial charge on any atom is -0.224 e. The first-order chi connectivity index (χ1) is 22.9. The van der Waals surface area contributed by atoms with Crippen LogP contribution in [-0.4, -0.2) is 102 Å². The summed E-state index contributed by atoms with van der Waals surface area (Å²) in [6.45, 7) is 0. The number of rotatable bonds is 14. The molecule has 0 saturated heterocycles. The zero-order valence-electron chi connectivity index (χ0n) is 22.9. The first-order valence-electron chi connectivity index (χ1n) is 11.1. The Morgan fingerprint density at radius 3 is 0.473 bits per heavy atom. The Bertz CT molecular complexity index is 1240. The minimum absolute atomic E-state index is 0.658. The first-order valence-corrected chi connectivity index (χ1v) is 11.1. The third kappa shape index (κ3) is 6.84. The normalized spacial score (nSPS) is 17.2. The maximum Gasteiger partial charge on any atom is 0.495 e. The van der Waals surface area contributed by atoms with Crippen LogP contribution in [-0.2, 0) is 9.47 Å². The monoisotopic (exact) mass is 920 g/mol. The molecule has 0 N–H and O–H groups in total. The van der Waals surface area contributed by atoms with Crippen LogP contribution in [0.3, 0.4) is 0 Å². The Morgan fingerprint density at radius 2 is 0.327 bits per heavy atom. The van der Waals surface area contributed by atoms with Gasteiger partial charge in [0, 0.05) is 0 Å². The lowest BCUT2D eigenvalue weighted by Crippen LogP contribution is -2.77. The Morgan fingerprint density at radius 1 is 0.182 bits per heavy atom. The van der Waals surface area contributed by atoms with Crippen molar-refractivity contribution in [2.75, 3.05) is 0 Å². The van der Waals surface area contributed by atoms with E-state index in [1.54, 1.807) is 0 Å². The number of ether oxygens (including phenoxy) is 2. The van der Waals surface area contributed by atoms with Gasteiger partial charge in [0.15, 0.2) is 0 Å². The maximum atomic E-state index is 13.6. The van der Waals surface area contributed by atoms with Crippen molar-refractivity contribution in [1.82, 2.24) is 0 Å². The molecule has 0 atom stereocenters. The third-order valence-corrected chi connectivity index (χ3v) is 6.02. The van der Waals surface area contributed by atoms with Gasteiger partial charge in [0.05, 0.1) is 0 Å². The van der Waals surface area contributed by atoms with Crippen molar-refractivity contribution >= 4 is 0 Å². The van der Waals surface area contributed by atoms with E-state index < -0.39 is 102 Å². The van der Waals surface area contributed by atoms with Gasteiger partial charge >= 0.3 is 102 Å². The van der Waals surface area contributed by atoms with Crippen LogP contribution >= 0.6 is 0 Å². The van der Waals surface area contributed by atoms with Crippen LogP contribution in [0.4, 0.5) is 158 Å². The van der Waals surface area contributed by atoms with Crippen molar-refractivity contribution in [3.05, 3.63) is 0 Å². The lowest BCUT2D eigenvalue weighted by Gasteiger charge is -2.44. The summed E-state index contributed by atoms with van der Waals surface area (Å²) in [5, 5.41) is 0. The lowest BCUT2D eigenvalue weighted by atomic mass is 9.85. The Labute approximate surface area is 271 Å². The largest absolute Gasteiger partial charge is 0.495 e. The van der Waals surface area contributed by atoms with Crippen LogP contribution in [0.5, 0.6) is 0 Å². The molecule has 0 fully saturated rings. The van der Waals surface area contributed by atoms with E-state index in [0.29, 0.717) is 9.47 Å². The summed E-state index contributed by atoms with van der Waals surface area (Å²) < 4.78 is 475. The fourth-order valence-corrected chi connectivity index (χ4v) is 3.07. The third-order valence-electron chi connectivity index (χ3n) is 6.02. The molecular formula is C17F36O2. The van der Waals surface area contributed by atoms with Crippen molar-refractivity contribution in [2.45, 2.75) is 102 Å². The molecule has 0 radical (unpaired) electrons. The summed E-state index contributed by atoms with van der Waals surface area (Å²) in [5.41, 5.74) is -18.6. The van der Waals surface area contributed by atoms with Gasteiger partial charge in [-0.25, -0.2) is 18.3 Å². The molecule has 0 aliphatic rings. The number of hydrogen-bond acceptors (Lipinski definition) is 2. The van der Waals surface area contributed by atoms with Crippen LogP contribution in [0.2, 0.25) is 0 Å². The molecule has 332 valence electrons. The molecule has 0 aromatic rings. The highest BCUT2D eigenvalue weighted by Crippen LogP contribution is 2.68. The van der Waals surface area contributed by atoms with E-state index in [0.717, 1.165) is 0 Å². The van der Waals surface area contributed by atoms with Crippen molar-refractivity contribution < 1.29 is 168 Å². The average molecular weight is 920 g/mol. The van der Waals surface area contributed by atoms with E-state index in [-0.39, 0.29) is 0 Å². The Kier molecular flexibility index (Phi) is 12.1. The van der Waals surface area contributed by atoms with E-state index in [1.165, 1.54) is 0 Å². The SMILES string of the molecule is FC(F)(OC(F)(F)C(F)(F)C(F)(F)C(F)(F)C(F)(F)C(F)(C(F)(F)F)C(F)(F)F)OC(F)(F)C(F)(F)C(F)(F)C(F)(F)C(F)(F)C(F)(C(F)(F)F)C(F)(F)F. The molecule has 0 rings (SSSR count).